The highest BCUT2D eigenvalue weighted by Crippen LogP contribution is 2.41. The van der Waals surface area contributed by atoms with E-state index in [2.05, 4.69) is 31.0 Å². The lowest BCUT2D eigenvalue weighted by Crippen LogP contribution is -2.50. The van der Waals surface area contributed by atoms with Crippen LogP contribution in [0.3, 0.4) is 0 Å². The van der Waals surface area contributed by atoms with Crippen LogP contribution >= 0.6 is 0 Å². The van der Waals surface area contributed by atoms with Crippen molar-refractivity contribution in [2.24, 2.45) is 0 Å². The molecule has 1 aromatic heterocycles. The molecule has 3 aromatic rings. The summed E-state index contributed by atoms with van der Waals surface area (Å²) in [5, 5.41) is 10.9. The zero-order chi connectivity index (χ0) is 20.0. The average molecular weight is 376 g/mol. The predicted octanol–water partition coefficient (Wildman–Crippen LogP) is 4.24. The third kappa shape index (κ3) is 2.87. The van der Waals surface area contributed by atoms with Gasteiger partial charge in [0, 0.05) is 29.9 Å². The van der Waals surface area contributed by atoms with Crippen LogP contribution in [0.4, 0.5) is 0 Å². The Balaban J connectivity index is 1.94. The second-order valence-electron chi connectivity index (χ2n) is 7.77. The van der Waals surface area contributed by atoms with Gasteiger partial charge in [-0.3, -0.25) is 4.79 Å². The van der Waals surface area contributed by atoms with Crippen LogP contribution in [0.15, 0.2) is 48.5 Å². The average Bonchev–Trinajstić information content (AvgIpc) is 3.04. The fourth-order valence-corrected chi connectivity index (χ4v) is 4.28. The number of aromatic nitrogens is 1. The fourth-order valence-electron chi connectivity index (χ4n) is 4.28. The third-order valence-corrected chi connectivity index (χ3v) is 5.70. The first-order valence-corrected chi connectivity index (χ1v) is 9.59. The highest BCUT2D eigenvalue weighted by atomic mass is 16.4. The van der Waals surface area contributed by atoms with Gasteiger partial charge in [-0.2, -0.15) is 0 Å². The molecule has 0 unspecified atom stereocenters. The molecule has 0 fully saturated rings. The number of hydrogen-bond acceptors (Lipinski definition) is 2. The largest absolute Gasteiger partial charge is 0.480 e. The van der Waals surface area contributed by atoms with Gasteiger partial charge in [0.05, 0.1) is 6.04 Å². The van der Waals surface area contributed by atoms with Crippen LogP contribution in [-0.4, -0.2) is 32.9 Å². The molecule has 4 rings (SSSR count). The van der Waals surface area contributed by atoms with Crippen LogP contribution in [-0.2, 0) is 16.0 Å². The van der Waals surface area contributed by atoms with E-state index in [0.29, 0.717) is 12.3 Å². The van der Waals surface area contributed by atoms with Gasteiger partial charge in [-0.1, -0.05) is 56.3 Å². The Kier molecular flexibility index (Phi) is 4.46. The first-order valence-electron chi connectivity index (χ1n) is 9.59. The number of carbonyl (C=O) groups is 2. The Hall–Kier alpha value is -3.08. The van der Waals surface area contributed by atoms with Crippen molar-refractivity contribution in [2.45, 2.75) is 45.2 Å². The molecule has 1 amide bonds. The Bertz CT molecular complexity index is 1050. The van der Waals surface area contributed by atoms with Crippen molar-refractivity contribution in [3.8, 4) is 0 Å². The van der Waals surface area contributed by atoms with Crippen molar-refractivity contribution in [3.63, 3.8) is 0 Å². The van der Waals surface area contributed by atoms with Gasteiger partial charge in [-0.25, -0.2) is 4.79 Å². The monoisotopic (exact) mass is 376 g/mol. The van der Waals surface area contributed by atoms with Crippen molar-refractivity contribution in [1.29, 1.82) is 0 Å². The number of nitrogens with zero attached hydrogens (tertiary/aromatic N) is 1. The molecule has 144 valence electrons. The summed E-state index contributed by atoms with van der Waals surface area (Å²) in [6, 6.07) is 14.7. The van der Waals surface area contributed by atoms with E-state index in [1.54, 1.807) is 0 Å². The number of H-pyrrole nitrogens is 1. The molecule has 0 saturated carbocycles. The molecular formula is C23H24N2O3. The number of hydrogen-bond donors (Lipinski definition) is 2. The number of rotatable bonds is 3. The maximum atomic E-state index is 12.5. The van der Waals surface area contributed by atoms with E-state index in [0.717, 1.165) is 27.7 Å². The van der Waals surface area contributed by atoms with E-state index in [-0.39, 0.29) is 5.91 Å². The lowest BCUT2D eigenvalue weighted by molar-refractivity contribution is -0.151. The van der Waals surface area contributed by atoms with E-state index in [1.165, 1.54) is 17.4 Å². The normalized spacial score (nSPS) is 19.1. The maximum Gasteiger partial charge on any atom is 0.326 e. The lowest BCUT2D eigenvalue weighted by atomic mass is 9.87. The van der Waals surface area contributed by atoms with Gasteiger partial charge in [0.15, 0.2) is 0 Å². The number of carboxylic acid groups (broad SMARTS) is 1. The molecule has 0 radical (unpaired) electrons. The van der Waals surface area contributed by atoms with Gasteiger partial charge < -0.3 is 15.0 Å². The van der Waals surface area contributed by atoms with Gasteiger partial charge in [0.25, 0.3) is 0 Å². The second-order valence-corrected chi connectivity index (χ2v) is 7.77. The van der Waals surface area contributed by atoms with Gasteiger partial charge in [0.1, 0.15) is 6.04 Å². The molecule has 5 nitrogen and oxygen atoms in total. The van der Waals surface area contributed by atoms with E-state index in [1.807, 2.05) is 36.4 Å². The van der Waals surface area contributed by atoms with Crippen molar-refractivity contribution in [1.82, 2.24) is 9.88 Å². The van der Waals surface area contributed by atoms with E-state index < -0.39 is 18.1 Å². The number of para-hydroxylation sites is 1. The molecule has 2 heterocycles. The molecule has 1 aliphatic rings. The molecule has 0 aliphatic carbocycles. The summed E-state index contributed by atoms with van der Waals surface area (Å²) in [6.45, 7) is 5.71. The molecule has 1 aliphatic heterocycles. The number of aromatic amines is 1. The number of fused-ring (bicyclic) bond motifs is 3. The van der Waals surface area contributed by atoms with E-state index in [4.69, 9.17) is 0 Å². The minimum absolute atomic E-state index is 0.241. The van der Waals surface area contributed by atoms with Crippen LogP contribution in [0, 0.1) is 0 Å². The molecule has 2 atom stereocenters. The van der Waals surface area contributed by atoms with E-state index >= 15 is 0 Å². The number of nitrogens with one attached hydrogen (secondary N) is 1. The quantitative estimate of drug-likeness (QED) is 0.718. The summed E-state index contributed by atoms with van der Waals surface area (Å²) in [7, 11) is 0. The van der Waals surface area contributed by atoms with Gasteiger partial charge in [-0.15, -0.1) is 0 Å². The molecule has 0 bridgehead atoms. The van der Waals surface area contributed by atoms with Gasteiger partial charge in [0.2, 0.25) is 5.91 Å². The third-order valence-electron chi connectivity index (χ3n) is 5.70. The summed E-state index contributed by atoms with van der Waals surface area (Å²) >= 11 is 0. The van der Waals surface area contributed by atoms with Crippen LogP contribution in [0.1, 0.15) is 55.1 Å². The molecule has 0 spiro atoms. The number of carboxylic acids is 1. The first kappa shape index (κ1) is 18.3. The fraction of sp³-hybridized carbons (Fsp3) is 0.304. The highest BCUT2D eigenvalue weighted by molar-refractivity contribution is 5.90. The highest BCUT2D eigenvalue weighted by Gasteiger charge is 2.42. The lowest BCUT2D eigenvalue weighted by Gasteiger charge is -2.40. The molecule has 5 heteroatoms. The summed E-state index contributed by atoms with van der Waals surface area (Å²) in [5.74, 6) is -0.815. The molecule has 2 N–H and O–H groups in total. The van der Waals surface area contributed by atoms with Crippen LogP contribution in [0.2, 0.25) is 0 Å². The van der Waals surface area contributed by atoms with E-state index in [9.17, 15) is 14.7 Å². The standard InChI is InChI=1S/C23H24N2O3/c1-13(2)15-8-10-16(11-9-15)22-21-18(17-6-4-5-7-19(17)24-21)12-20(23(27)28)25(22)14(3)26/h4-11,13,20,22,24H,12H2,1-3H3,(H,27,28)/t20-,22-/m1/s1. The molecule has 2 aromatic carbocycles. The minimum Gasteiger partial charge on any atom is -0.480 e. The summed E-state index contributed by atoms with van der Waals surface area (Å²) < 4.78 is 0. The van der Waals surface area contributed by atoms with Crippen molar-refractivity contribution in [3.05, 3.63) is 70.9 Å². The summed E-state index contributed by atoms with van der Waals surface area (Å²) in [4.78, 5) is 29.6. The second kappa shape index (κ2) is 6.82. The van der Waals surface area contributed by atoms with Crippen molar-refractivity contribution in [2.75, 3.05) is 0 Å². The summed E-state index contributed by atoms with van der Waals surface area (Å²) in [6.07, 6.45) is 0.300. The topological polar surface area (TPSA) is 73.4 Å². The zero-order valence-electron chi connectivity index (χ0n) is 16.3. The maximum absolute atomic E-state index is 12.5. The molecule has 28 heavy (non-hydrogen) atoms. The SMILES string of the molecule is CC(=O)N1[C@H](c2ccc(C(C)C)cc2)c2[nH]c3ccccc3c2C[C@@H]1C(=O)O. The van der Waals surface area contributed by atoms with Gasteiger partial charge in [-0.05, 0) is 28.7 Å². The van der Waals surface area contributed by atoms with Crippen LogP contribution < -0.4 is 0 Å². The molecular weight excluding hydrogens is 352 g/mol. The van der Waals surface area contributed by atoms with Crippen molar-refractivity contribution < 1.29 is 14.7 Å². The van der Waals surface area contributed by atoms with Gasteiger partial charge >= 0.3 is 5.97 Å². The smallest absolute Gasteiger partial charge is 0.326 e. The van der Waals surface area contributed by atoms with Crippen LogP contribution in [0.25, 0.3) is 10.9 Å². The van der Waals surface area contributed by atoms with Crippen LogP contribution in [0.5, 0.6) is 0 Å². The number of carbonyl (C=O) groups excluding carboxylic acids is 1. The summed E-state index contributed by atoms with van der Waals surface area (Å²) in [5.41, 5.74) is 4.98. The number of aliphatic carboxylic acids is 1. The minimum atomic E-state index is -0.977. The Morgan fingerprint density at radius 1 is 1.11 bits per heavy atom. The Labute approximate surface area is 164 Å². The number of benzene rings is 2. The zero-order valence-corrected chi connectivity index (χ0v) is 16.3. The Morgan fingerprint density at radius 2 is 1.79 bits per heavy atom. The Morgan fingerprint density at radius 3 is 2.39 bits per heavy atom. The predicted molar refractivity (Wildman–Crippen MR) is 108 cm³/mol. The number of amides is 1. The van der Waals surface area contributed by atoms with Crippen molar-refractivity contribution >= 4 is 22.8 Å². The first-order chi connectivity index (χ1) is 13.4. The molecule has 0 saturated heterocycles.